The van der Waals surface area contributed by atoms with Crippen LogP contribution in [0.4, 0.5) is 19.3 Å². The maximum atomic E-state index is 12.8. The van der Waals surface area contributed by atoms with E-state index in [1.165, 1.54) is 12.3 Å². The highest BCUT2D eigenvalue weighted by atomic mass is 19.3. The van der Waals surface area contributed by atoms with Crippen molar-refractivity contribution >= 4 is 23.5 Å². The molecule has 170 valence electrons. The summed E-state index contributed by atoms with van der Waals surface area (Å²) < 4.78 is 24.4. The van der Waals surface area contributed by atoms with Crippen molar-refractivity contribution in [2.24, 2.45) is 0 Å². The molecule has 1 aromatic carbocycles. The van der Waals surface area contributed by atoms with Crippen LogP contribution in [0.1, 0.15) is 16.1 Å². The molecule has 2 aromatic rings. The van der Waals surface area contributed by atoms with Gasteiger partial charge < -0.3 is 15.1 Å². The summed E-state index contributed by atoms with van der Waals surface area (Å²) in [7, 11) is 1.98. The monoisotopic (exact) mass is 446 g/mol. The zero-order valence-electron chi connectivity index (χ0n) is 17.4. The average Bonchev–Trinajstić information content (AvgIpc) is 2.78. The Kier molecular flexibility index (Phi) is 7.66. The van der Waals surface area contributed by atoms with Crippen molar-refractivity contribution in [1.82, 2.24) is 25.6 Å². The number of rotatable bonds is 5. The molecule has 0 spiro atoms. The fourth-order valence-electron chi connectivity index (χ4n) is 3.34. The Morgan fingerprint density at radius 3 is 2.50 bits per heavy atom. The summed E-state index contributed by atoms with van der Waals surface area (Å²) in [5.74, 6) is -2.36. The number of piperazine rings is 1. The van der Waals surface area contributed by atoms with Gasteiger partial charge in [0, 0.05) is 43.6 Å². The lowest BCUT2D eigenvalue weighted by Gasteiger charge is -2.40. The van der Waals surface area contributed by atoms with Gasteiger partial charge in [-0.2, -0.15) is 8.78 Å². The van der Waals surface area contributed by atoms with Crippen molar-refractivity contribution in [2.45, 2.75) is 18.9 Å². The zero-order valence-corrected chi connectivity index (χ0v) is 17.4. The number of carbonyl (C=O) groups excluding carboxylic acids is 3. The number of pyridine rings is 1. The van der Waals surface area contributed by atoms with Crippen LogP contribution in [0.15, 0.2) is 48.7 Å². The van der Waals surface area contributed by atoms with Crippen LogP contribution in [0, 0.1) is 0 Å². The molecular formula is C21H24F2N6O3. The quantitative estimate of drug-likeness (QED) is 0.604. The first-order valence-corrected chi connectivity index (χ1v) is 9.98. The van der Waals surface area contributed by atoms with Crippen molar-refractivity contribution in [1.29, 1.82) is 0 Å². The van der Waals surface area contributed by atoms with E-state index in [4.69, 9.17) is 0 Å². The number of anilines is 1. The molecule has 32 heavy (non-hydrogen) atoms. The summed E-state index contributed by atoms with van der Waals surface area (Å²) in [6, 6.07) is 12.0. The standard InChI is InChI=1S/C21H24F2N6O3/c1-28-9-10-29(21(32)25-15-5-3-2-4-6-15)17(13-28)11-16-8-7-14(12-24-16)19(30)26-27-20(31)18(22)23/h2-8,12,17-18H,9-11,13H2,1H3,(H,25,32)(H,26,30)(H,27,31). The lowest BCUT2D eigenvalue weighted by Crippen LogP contribution is -2.56. The van der Waals surface area contributed by atoms with Gasteiger partial charge in [-0.15, -0.1) is 0 Å². The van der Waals surface area contributed by atoms with Crippen LogP contribution < -0.4 is 16.2 Å². The summed E-state index contributed by atoms with van der Waals surface area (Å²) in [6.07, 6.45) is -1.47. The van der Waals surface area contributed by atoms with Crippen molar-refractivity contribution in [2.75, 3.05) is 32.0 Å². The van der Waals surface area contributed by atoms with E-state index in [0.717, 1.165) is 6.54 Å². The van der Waals surface area contributed by atoms with Gasteiger partial charge in [-0.1, -0.05) is 18.2 Å². The predicted octanol–water partition coefficient (Wildman–Crippen LogP) is 1.50. The van der Waals surface area contributed by atoms with E-state index in [1.54, 1.807) is 16.4 Å². The third-order valence-electron chi connectivity index (χ3n) is 5.00. The molecule has 1 atom stereocenters. The number of aromatic nitrogens is 1. The van der Waals surface area contributed by atoms with Crippen molar-refractivity contribution < 1.29 is 23.2 Å². The number of nitrogens with zero attached hydrogens (tertiary/aromatic N) is 3. The Morgan fingerprint density at radius 2 is 1.84 bits per heavy atom. The van der Waals surface area contributed by atoms with E-state index in [2.05, 4.69) is 15.2 Å². The van der Waals surface area contributed by atoms with Crippen LogP contribution in [-0.2, 0) is 11.2 Å². The van der Waals surface area contributed by atoms with Crippen LogP contribution >= 0.6 is 0 Å². The summed E-state index contributed by atoms with van der Waals surface area (Å²) in [6.45, 7) is 1.96. The Hall–Kier alpha value is -3.60. The molecule has 0 aliphatic carbocycles. The van der Waals surface area contributed by atoms with Crippen molar-refractivity contribution in [3.8, 4) is 0 Å². The van der Waals surface area contributed by atoms with Gasteiger partial charge in [0.2, 0.25) is 0 Å². The maximum Gasteiger partial charge on any atom is 0.322 e. The Labute approximate surface area is 183 Å². The highest BCUT2D eigenvalue weighted by Crippen LogP contribution is 2.16. The zero-order chi connectivity index (χ0) is 23.1. The Balaban J connectivity index is 1.62. The number of alkyl halides is 2. The number of para-hydroxylation sites is 1. The molecule has 1 aromatic heterocycles. The molecule has 0 saturated carbocycles. The number of carbonyl (C=O) groups is 3. The molecule has 3 rings (SSSR count). The second-order valence-electron chi connectivity index (χ2n) is 7.39. The molecular weight excluding hydrogens is 422 g/mol. The molecule has 2 heterocycles. The number of benzene rings is 1. The van der Waals surface area contributed by atoms with E-state index >= 15 is 0 Å². The van der Waals surface area contributed by atoms with E-state index in [9.17, 15) is 23.2 Å². The van der Waals surface area contributed by atoms with Gasteiger partial charge in [0.25, 0.3) is 5.91 Å². The molecule has 3 N–H and O–H groups in total. The predicted molar refractivity (Wildman–Crippen MR) is 113 cm³/mol. The first-order valence-electron chi connectivity index (χ1n) is 9.98. The Morgan fingerprint density at radius 1 is 1.09 bits per heavy atom. The number of likely N-dealkylation sites (N-methyl/N-ethyl adjacent to an activating group) is 1. The smallest absolute Gasteiger partial charge is 0.319 e. The summed E-state index contributed by atoms with van der Waals surface area (Å²) in [4.78, 5) is 43.8. The van der Waals surface area contributed by atoms with Gasteiger partial charge in [-0.3, -0.25) is 25.4 Å². The number of hydrogen-bond donors (Lipinski definition) is 3. The van der Waals surface area contributed by atoms with Gasteiger partial charge in [-0.05, 0) is 31.3 Å². The van der Waals surface area contributed by atoms with Crippen molar-refractivity contribution in [3.05, 3.63) is 59.9 Å². The van der Waals surface area contributed by atoms with Crippen LogP contribution in [0.5, 0.6) is 0 Å². The third kappa shape index (κ3) is 6.20. The molecule has 1 aliphatic heterocycles. The minimum absolute atomic E-state index is 0.0998. The highest BCUT2D eigenvalue weighted by molar-refractivity contribution is 5.95. The van der Waals surface area contributed by atoms with E-state index in [0.29, 0.717) is 30.9 Å². The minimum Gasteiger partial charge on any atom is -0.319 e. The summed E-state index contributed by atoms with van der Waals surface area (Å²) in [5, 5.41) is 2.90. The second kappa shape index (κ2) is 10.6. The molecule has 4 amide bonds. The number of halogens is 2. The van der Waals surface area contributed by atoms with Gasteiger partial charge in [0.1, 0.15) is 0 Å². The molecule has 0 radical (unpaired) electrons. The topological polar surface area (TPSA) is 107 Å². The van der Waals surface area contributed by atoms with Crippen LogP contribution in [0.25, 0.3) is 0 Å². The molecule has 11 heteroatoms. The lowest BCUT2D eigenvalue weighted by molar-refractivity contribution is -0.132. The fraction of sp³-hybridized carbons (Fsp3) is 0.333. The maximum absolute atomic E-state index is 12.8. The molecule has 1 saturated heterocycles. The normalized spacial score (nSPS) is 16.5. The highest BCUT2D eigenvalue weighted by Gasteiger charge is 2.29. The third-order valence-corrected chi connectivity index (χ3v) is 5.00. The molecule has 9 nitrogen and oxygen atoms in total. The Bertz CT molecular complexity index is 942. The van der Waals surface area contributed by atoms with Gasteiger partial charge in [0.05, 0.1) is 11.6 Å². The number of urea groups is 1. The van der Waals surface area contributed by atoms with Gasteiger partial charge >= 0.3 is 18.4 Å². The molecule has 0 bridgehead atoms. The molecule has 1 unspecified atom stereocenters. The fourth-order valence-corrected chi connectivity index (χ4v) is 3.34. The first kappa shape index (κ1) is 23.1. The summed E-state index contributed by atoms with van der Waals surface area (Å²) >= 11 is 0. The number of nitrogens with one attached hydrogen (secondary N) is 3. The summed E-state index contributed by atoms with van der Waals surface area (Å²) in [5.41, 5.74) is 5.01. The molecule has 1 fully saturated rings. The number of hydrogen-bond acceptors (Lipinski definition) is 5. The lowest BCUT2D eigenvalue weighted by atomic mass is 10.1. The van der Waals surface area contributed by atoms with Gasteiger partial charge in [-0.25, -0.2) is 4.79 Å². The molecule has 1 aliphatic rings. The second-order valence-corrected chi connectivity index (χ2v) is 7.39. The van der Waals surface area contributed by atoms with E-state index < -0.39 is 18.2 Å². The SMILES string of the molecule is CN1CCN(C(=O)Nc2ccccc2)C(Cc2ccc(C(=O)NNC(=O)C(F)F)cn2)C1. The van der Waals surface area contributed by atoms with E-state index in [1.807, 2.05) is 42.8 Å². The average molecular weight is 446 g/mol. The first-order chi connectivity index (χ1) is 15.3. The van der Waals surface area contributed by atoms with Crippen molar-refractivity contribution in [3.63, 3.8) is 0 Å². The van der Waals surface area contributed by atoms with Crippen LogP contribution in [0.3, 0.4) is 0 Å². The number of amides is 4. The number of hydrazine groups is 1. The van der Waals surface area contributed by atoms with Crippen LogP contribution in [-0.4, -0.2) is 71.8 Å². The van der Waals surface area contributed by atoms with E-state index in [-0.39, 0.29) is 17.6 Å². The van der Waals surface area contributed by atoms with Crippen LogP contribution in [0.2, 0.25) is 0 Å². The largest absolute Gasteiger partial charge is 0.322 e. The minimum atomic E-state index is -3.23. The van der Waals surface area contributed by atoms with Gasteiger partial charge in [0.15, 0.2) is 0 Å².